The van der Waals surface area contributed by atoms with Gasteiger partial charge in [0.05, 0.1) is 12.2 Å². The van der Waals surface area contributed by atoms with Gasteiger partial charge in [0.1, 0.15) is 5.75 Å². The number of rotatable bonds is 2. The summed E-state index contributed by atoms with van der Waals surface area (Å²) in [6.07, 6.45) is 1.48. The fraction of sp³-hybridized carbons (Fsp3) is 0.500. The second-order valence-electron chi connectivity index (χ2n) is 4.64. The highest BCUT2D eigenvalue weighted by Crippen LogP contribution is 2.34. The van der Waals surface area contributed by atoms with E-state index in [1.807, 2.05) is 12.1 Å². The van der Waals surface area contributed by atoms with Crippen LogP contribution in [0, 0.1) is 0 Å². The van der Waals surface area contributed by atoms with E-state index in [1.54, 1.807) is 13.8 Å². The summed E-state index contributed by atoms with van der Waals surface area (Å²) in [6.45, 7) is 4.29. The Morgan fingerprint density at radius 2 is 2.20 bits per heavy atom. The van der Waals surface area contributed by atoms with Crippen molar-refractivity contribution in [2.24, 2.45) is 0 Å². The Morgan fingerprint density at radius 3 is 2.87 bits per heavy atom. The second kappa shape index (κ2) is 3.69. The smallest absolute Gasteiger partial charge is 0.126 e. The van der Waals surface area contributed by atoms with Crippen molar-refractivity contribution in [1.29, 1.82) is 0 Å². The van der Waals surface area contributed by atoms with E-state index in [1.165, 1.54) is 0 Å². The summed E-state index contributed by atoms with van der Waals surface area (Å²) < 4.78 is 5.56. The van der Waals surface area contributed by atoms with Crippen molar-refractivity contribution >= 4 is 11.6 Å². The van der Waals surface area contributed by atoms with E-state index >= 15 is 0 Å². The van der Waals surface area contributed by atoms with Gasteiger partial charge in [0, 0.05) is 17.9 Å². The average Bonchev–Trinajstić information content (AvgIpc) is 2.48. The molecule has 0 amide bonds. The molecule has 2 rings (SSSR count). The summed E-state index contributed by atoms with van der Waals surface area (Å²) in [5, 5.41) is 10.5. The van der Waals surface area contributed by atoms with Gasteiger partial charge in [0.25, 0.3) is 0 Å². The maximum absolute atomic E-state index is 9.79. The molecular weight excluding hydrogens is 212 g/mol. The predicted molar refractivity (Wildman–Crippen MR) is 60.7 cm³/mol. The SMILES string of the molecule is CC(C)(O)Cc1cc(Cl)cc2c1OCC2. The minimum Gasteiger partial charge on any atom is -0.493 e. The Balaban J connectivity index is 2.39. The van der Waals surface area contributed by atoms with Crippen LogP contribution in [0.25, 0.3) is 0 Å². The van der Waals surface area contributed by atoms with Gasteiger partial charge >= 0.3 is 0 Å². The summed E-state index contributed by atoms with van der Waals surface area (Å²) in [5.74, 6) is 0.918. The van der Waals surface area contributed by atoms with Crippen LogP contribution < -0.4 is 4.74 Å². The maximum atomic E-state index is 9.79. The van der Waals surface area contributed by atoms with Crippen LogP contribution in [0.3, 0.4) is 0 Å². The van der Waals surface area contributed by atoms with Gasteiger partial charge < -0.3 is 9.84 Å². The van der Waals surface area contributed by atoms with Crippen molar-refractivity contribution in [3.8, 4) is 5.75 Å². The zero-order valence-electron chi connectivity index (χ0n) is 9.01. The van der Waals surface area contributed by atoms with E-state index in [0.29, 0.717) is 13.0 Å². The molecule has 0 aliphatic carbocycles. The molecule has 1 N–H and O–H groups in total. The van der Waals surface area contributed by atoms with Crippen LogP contribution in [0.5, 0.6) is 5.75 Å². The van der Waals surface area contributed by atoms with Gasteiger partial charge in [0.15, 0.2) is 0 Å². The molecule has 0 saturated carbocycles. The third kappa shape index (κ3) is 2.44. The molecule has 1 aromatic carbocycles. The van der Waals surface area contributed by atoms with Gasteiger partial charge in [-0.3, -0.25) is 0 Å². The molecule has 15 heavy (non-hydrogen) atoms. The van der Waals surface area contributed by atoms with Gasteiger partial charge in [-0.25, -0.2) is 0 Å². The lowest BCUT2D eigenvalue weighted by Gasteiger charge is -2.19. The summed E-state index contributed by atoms with van der Waals surface area (Å²) in [5.41, 5.74) is 1.42. The minimum atomic E-state index is -0.732. The topological polar surface area (TPSA) is 29.5 Å². The van der Waals surface area contributed by atoms with Crippen LogP contribution in [0.4, 0.5) is 0 Å². The first-order chi connectivity index (χ1) is 6.96. The summed E-state index contributed by atoms with van der Waals surface area (Å²) in [7, 11) is 0. The van der Waals surface area contributed by atoms with E-state index in [-0.39, 0.29) is 0 Å². The summed E-state index contributed by atoms with van der Waals surface area (Å²) >= 11 is 6.02. The zero-order valence-corrected chi connectivity index (χ0v) is 9.77. The lowest BCUT2D eigenvalue weighted by atomic mass is 9.96. The van der Waals surface area contributed by atoms with Gasteiger partial charge in [-0.05, 0) is 37.1 Å². The molecule has 1 aliphatic heterocycles. The van der Waals surface area contributed by atoms with Gasteiger partial charge in [-0.15, -0.1) is 0 Å². The van der Waals surface area contributed by atoms with Crippen LogP contribution in [0.15, 0.2) is 12.1 Å². The fourth-order valence-corrected chi connectivity index (χ4v) is 2.21. The number of aliphatic hydroxyl groups is 1. The van der Waals surface area contributed by atoms with E-state index in [2.05, 4.69) is 0 Å². The van der Waals surface area contributed by atoms with Crippen LogP contribution in [-0.2, 0) is 12.8 Å². The average molecular weight is 227 g/mol. The molecule has 1 heterocycles. The number of fused-ring (bicyclic) bond motifs is 1. The number of hydrogen-bond acceptors (Lipinski definition) is 2. The van der Waals surface area contributed by atoms with Crippen molar-refractivity contribution < 1.29 is 9.84 Å². The Bertz CT molecular complexity index is 380. The first kappa shape index (κ1) is 10.8. The highest BCUT2D eigenvalue weighted by Gasteiger charge is 2.22. The number of halogens is 1. The van der Waals surface area contributed by atoms with Crippen molar-refractivity contribution in [2.75, 3.05) is 6.61 Å². The van der Waals surface area contributed by atoms with E-state index < -0.39 is 5.60 Å². The number of hydrogen-bond donors (Lipinski definition) is 1. The van der Waals surface area contributed by atoms with Crippen molar-refractivity contribution in [3.05, 3.63) is 28.3 Å². The van der Waals surface area contributed by atoms with Crippen LogP contribution in [0.1, 0.15) is 25.0 Å². The molecule has 82 valence electrons. The molecule has 0 saturated heterocycles. The first-order valence-electron chi connectivity index (χ1n) is 5.12. The van der Waals surface area contributed by atoms with Crippen LogP contribution in [0.2, 0.25) is 5.02 Å². The van der Waals surface area contributed by atoms with E-state index in [4.69, 9.17) is 16.3 Å². The third-order valence-electron chi connectivity index (χ3n) is 2.45. The molecule has 2 nitrogen and oxygen atoms in total. The normalized spacial score (nSPS) is 14.9. The second-order valence-corrected chi connectivity index (χ2v) is 5.08. The molecule has 0 spiro atoms. The molecular formula is C12H15ClO2. The van der Waals surface area contributed by atoms with Crippen LogP contribution >= 0.6 is 11.6 Å². The molecule has 3 heteroatoms. The molecule has 0 fully saturated rings. The molecule has 0 atom stereocenters. The Morgan fingerprint density at radius 1 is 1.47 bits per heavy atom. The number of benzene rings is 1. The first-order valence-corrected chi connectivity index (χ1v) is 5.50. The molecule has 0 unspecified atom stereocenters. The highest BCUT2D eigenvalue weighted by molar-refractivity contribution is 6.30. The molecule has 0 aromatic heterocycles. The molecule has 1 aliphatic rings. The molecule has 0 radical (unpaired) electrons. The minimum absolute atomic E-state index is 0.565. The number of ether oxygens (including phenoxy) is 1. The van der Waals surface area contributed by atoms with Gasteiger partial charge in [-0.1, -0.05) is 11.6 Å². The third-order valence-corrected chi connectivity index (χ3v) is 2.67. The van der Waals surface area contributed by atoms with Crippen molar-refractivity contribution in [2.45, 2.75) is 32.3 Å². The predicted octanol–water partition coefficient (Wildman–Crippen LogP) is 2.59. The lowest BCUT2D eigenvalue weighted by molar-refractivity contribution is 0.0802. The summed E-state index contributed by atoms with van der Waals surface area (Å²) in [6, 6.07) is 3.82. The molecule has 0 bridgehead atoms. The quantitative estimate of drug-likeness (QED) is 0.840. The Hall–Kier alpha value is -0.730. The van der Waals surface area contributed by atoms with E-state index in [9.17, 15) is 5.11 Å². The fourth-order valence-electron chi connectivity index (χ4n) is 1.94. The Labute approximate surface area is 94.8 Å². The van der Waals surface area contributed by atoms with Gasteiger partial charge in [-0.2, -0.15) is 0 Å². The van der Waals surface area contributed by atoms with Crippen LogP contribution in [-0.4, -0.2) is 17.3 Å². The monoisotopic (exact) mass is 226 g/mol. The molecule has 1 aromatic rings. The van der Waals surface area contributed by atoms with Crippen molar-refractivity contribution in [1.82, 2.24) is 0 Å². The lowest BCUT2D eigenvalue weighted by Crippen LogP contribution is -2.22. The van der Waals surface area contributed by atoms with Gasteiger partial charge in [0.2, 0.25) is 0 Å². The highest BCUT2D eigenvalue weighted by atomic mass is 35.5. The Kier molecular flexibility index (Phi) is 2.65. The van der Waals surface area contributed by atoms with E-state index in [0.717, 1.165) is 28.3 Å². The van der Waals surface area contributed by atoms with Crippen molar-refractivity contribution in [3.63, 3.8) is 0 Å². The standard InChI is InChI=1S/C12H15ClO2/c1-12(2,14)7-9-6-10(13)5-8-3-4-15-11(8)9/h5-6,14H,3-4,7H2,1-2H3. The largest absolute Gasteiger partial charge is 0.493 e. The maximum Gasteiger partial charge on any atom is 0.126 e. The summed E-state index contributed by atoms with van der Waals surface area (Å²) in [4.78, 5) is 0. The zero-order chi connectivity index (χ0) is 11.1.